The smallest absolute Gasteiger partial charge is 0.226 e. The minimum atomic E-state index is 0.232. The molecule has 0 saturated carbocycles. The van der Waals surface area contributed by atoms with Crippen LogP contribution in [-0.2, 0) is 4.79 Å². The summed E-state index contributed by atoms with van der Waals surface area (Å²) in [6, 6.07) is 0.270. The second kappa shape index (κ2) is 5.83. The highest BCUT2D eigenvalue weighted by molar-refractivity contribution is 5.79. The van der Waals surface area contributed by atoms with Crippen LogP contribution in [0.25, 0.3) is 0 Å². The van der Waals surface area contributed by atoms with Gasteiger partial charge >= 0.3 is 0 Å². The molecule has 0 aromatic carbocycles. The van der Waals surface area contributed by atoms with Crippen molar-refractivity contribution in [2.24, 2.45) is 17.6 Å². The van der Waals surface area contributed by atoms with E-state index < -0.39 is 0 Å². The lowest BCUT2D eigenvalue weighted by Gasteiger charge is -2.41. The molecule has 2 heterocycles. The van der Waals surface area contributed by atoms with E-state index in [0.717, 1.165) is 38.9 Å². The van der Waals surface area contributed by atoms with E-state index in [-0.39, 0.29) is 12.0 Å². The predicted molar refractivity (Wildman–Crippen MR) is 68.5 cm³/mol. The fourth-order valence-electron chi connectivity index (χ4n) is 3.19. The summed E-state index contributed by atoms with van der Waals surface area (Å²) in [6.45, 7) is 5.70. The predicted octanol–water partition coefficient (Wildman–Crippen LogP) is 0.572. The average Bonchev–Trinajstić information content (AvgIpc) is 2.38. The van der Waals surface area contributed by atoms with Crippen molar-refractivity contribution in [2.45, 2.75) is 38.6 Å². The van der Waals surface area contributed by atoms with Crippen molar-refractivity contribution in [3.05, 3.63) is 0 Å². The number of rotatable bonds is 2. The topological polar surface area (TPSA) is 58.4 Å². The van der Waals surface area contributed by atoms with Gasteiger partial charge in [0, 0.05) is 25.0 Å². The summed E-state index contributed by atoms with van der Waals surface area (Å²) in [5.41, 5.74) is 5.85. The van der Waals surface area contributed by atoms with E-state index >= 15 is 0 Å². The Labute approximate surface area is 104 Å². The van der Waals surface area contributed by atoms with Crippen LogP contribution in [0.3, 0.4) is 0 Å². The fraction of sp³-hybridized carbons (Fsp3) is 0.923. The number of amides is 1. The van der Waals surface area contributed by atoms with Crippen LogP contribution in [0, 0.1) is 11.8 Å². The van der Waals surface area contributed by atoms with Gasteiger partial charge in [-0.2, -0.15) is 0 Å². The molecule has 17 heavy (non-hydrogen) atoms. The maximum atomic E-state index is 12.5. The largest absolute Gasteiger partial charge is 0.338 e. The molecule has 1 amide bonds. The molecule has 2 saturated heterocycles. The van der Waals surface area contributed by atoms with Crippen molar-refractivity contribution >= 4 is 5.91 Å². The van der Waals surface area contributed by atoms with E-state index in [2.05, 4.69) is 17.1 Å². The van der Waals surface area contributed by atoms with Crippen LogP contribution in [0.1, 0.15) is 32.6 Å². The Morgan fingerprint density at radius 3 is 2.71 bits per heavy atom. The highest BCUT2D eigenvalue weighted by atomic mass is 16.2. The Bertz CT molecular complexity index is 263. The summed E-state index contributed by atoms with van der Waals surface area (Å²) in [5, 5.41) is 3.31. The third-order valence-electron chi connectivity index (χ3n) is 4.33. The lowest BCUT2D eigenvalue weighted by atomic mass is 9.88. The number of nitrogens with two attached hydrogens (primary N) is 1. The fourth-order valence-corrected chi connectivity index (χ4v) is 3.19. The summed E-state index contributed by atoms with van der Waals surface area (Å²) in [5.74, 6) is 1.14. The zero-order chi connectivity index (χ0) is 12.3. The molecule has 3 N–H and O–H groups in total. The third-order valence-corrected chi connectivity index (χ3v) is 4.33. The first-order valence-corrected chi connectivity index (χ1v) is 6.95. The second-order valence-corrected chi connectivity index (χ2v) is 5.48. The van der Waals surface area contributed by atoms with Crippen LogP contribution < -0.4 is 11.1 Å². The van der Waals surface area contributed by atoms with E-state index in [9.17, 15) is 4.79 Å². The quantitative estimate of drug-likeness (QED) is 0.741. The number of nitrogens with one attached hydrogen (secondary N) is 1. The van der Waals surface area contributed by atoms with Gasteiger partial charge in [0.2, 0.25) is 5.91 Å². The average molecular weight is 239 g/mol. The molecule has 2 fully saturated rings. The lowest BCUT2D eigenvalue weighted by molar-refractivity contribution is -0.141. The molecular weight excluding hydrogens is 214 g/mol. The van der Waals surface area contributed by atoms with Gasteiger partial charge in [0.15, 0.2) is 0 Å². The number of nitrogens with zero attached hydrogens (tertiary/aromatic N) is 1. The van der Waals surface area contributed by atoms with Crippen molar-refractivity contribution in [1.29, 1.82) is 0 Å². The maximum Gasteiger partial charge on any atom is 0.226 e. The van der Waals surface area contributed by atoms with Crippen molar-refractivity contribution in [3.8, 4) is 0 Å². The zero-order valence-electron chi connectivity index (χ0n) is 10.8. The van der Waals surface area contributed by atoms with Crippen molar-refractivity contribution in [2.75, 3.05) is 26.2 Å². The Hall–Kier alpha value is -0.610. The van der Waals surface area contributed by atoms with E-state index in [1.807, 2.05) is 0 Å². The Kier molecular flexibility index (Phi) is 4.40. The molecule has 0 aromatic rings. The second-order valence-electron chi connectivity index (χ2n) is 5.48. The molecule has 0 spiro atoms. The van der Waals surface area contributed by atoms with Gasteiger partial charge in [-0.15, -0.1) is 0 Å². The molecular formula is C13H25N3O. The number of hydrogen-bond donors (Lipinski definition) is 2. The van der Waals surface area contributed by atoms with E-state index in [1.54, 1.807) is 0 Å². The number of carbonyl (C=O) groups is 1. The molecule has 0 aliphatic carbocycles. The molecule has 4 nitrogen and oxygen atoms in total. The zero-order valence-corrected chi connectivity index (χ0v) is 10.8. The van der Waals surface area contributed by atoms with Gasteiger partial charge in [0.1, 0.15) is 0 Å². The maximum absolute atomic E-state index is 12.5. The van der Waals surface area contributed by atoms with Crippen molar-refractivity contribution < 1.29 is 4.79 Å². The lowest BCUT2D eigenvalue weighted by Crippen LogP contribution is -2.54. The standard InChI is InChI=1S/C13H25N3O/c1-10-3-2-8-16(12(10)9-14)13(17)11-4-6-15-7-5-11/h10-12,15H,2-9,14H2,1H3/t10-,12-/m1/s1. The minimum Gasteiger partial charge on any atom is -0.338 e. The summed E-state index contributed by atoms with van der Waals surface area (Å²) in [6.07, 6.45) is 4.31. The molecule has 98 valence electrons. The molecule has 0 unspecified atom stereocenters. The van der Waals surface area contributed by atoms with Crippen molar-refractivity contribution in [3.63, 3.8) is 0 Å². The third kappa shape index (κ3) is 2.80. The minimum absolute atomic E-state index is 0.232. The van der Waals surface area contributed by atoms with Crippen molar-refractivity contribution in [1.82, 2.24) is 10.2 Å². The first-order valence-electron chi connectivity index (χ1n) is 6.95. The summed E-state index contributed by atoms with van der Waals surface area (Å²) >= 11 is 0. The molecule has 2 atom stereocenters. The molecule has 0 aromatic heterocycles. The molecule has 2 aliphatic rings. The molecule has 4 heteroatoms. The molecule has 0 bridgehead atoms. The normalized spacial score (nSPS) is 31.5. The van der Waals surface area contributed by atoms with Gasteiger partial charge in [0.25, 0.3) is 0 Å². The summed E-state index contributed by atoms with van der Waals surface area (Å²) in [7, 11) is 0. The van der Waals surface area contributed by atoms with E-state index in [1.165, 1.54) is 6.42 Å². The number of hydrogen-bond acceptors (Lipinski definition) is 3. The van der Waals surface area contributed by atoms with Crippen LogP contribution in [-0.4, -0.2) is 43.0 Å². The van der Waals surface area contributed by atoms with Crippen LogP contribution in [0.2, 0.25) is 0 Å². The van der Waals surface area contributed by atoms with Crippen LogP contribution in [0.4, 0.5) is 0 Å². The molecule has 2 aliphatic heterocycles. The number of likely N-dealkylation sites (tertiary alicyclic amines) is 1. The SMILES string of the molecule is C[C@@H]1CCCN(C(=O)C2CCNCC2)[C@@H]1CN. The number of piperidine rings is 2. The van der Waals surface area contributed by atoms with Gasteiger partial charge in [-0.3, -0.25) is 4.79 Å². The Morgan fingerprint density at radius 1 is 1.35 bits per heavy atom. The van der Waals surface area contributed by atoms with Crippen LogP contribution in [0.15, 0.2) is 0 Å². The number of carbonyl (C=O) groups excluding carboxylic acids is 1. The van der Waals surface area contributed by atoms with Crippen LogP contribution >= 0.6 is 0 Å². The Balaban J connectivity index is 2.00. The Morgan fingerprint density at radius 2 is 2.06 bits per heavy atom. The van der Waals surface area contributed by atoms with Gasteiger partial charge in [-0.1, -0.05) is 6.92 Å². The van der Waals surface area contributed by atoms with Gasteiger partial charge in [-0.25, -0.2) is 0 Å². The monoisotopic (exact) mass is 239 g/mol. The highest BCUT2D eigenvalue weighted by Gasteiger charge is 2.34. The van der Waals surface area contributed by atoms with Gasteiger partial charge in [-0.05, 0) is 44.7 Å². The van der Waals surface area contributed by atoms with E-state index in [0.29, 0.717) is 18.4 Å². The van der Waals surface area contributed by atoms with Crippen LogP contribution in [0.5, 0.6) is 0 Å². The molecule has 0 radical (unpaired) electrons. The molecule has 2 rings (SSSR count). The summed E-state index contributed by atoms with van der Waals surface area (Å²) in [4.78, 5) is 14.6. The van der Waals surface area contributed by atoms with Gasteiger partial charge < -0.3 is 16.0 Å². The first-order chi connectivity index (χ1) is 8.24. The van der Waals surface area contributed by atoms with E-state index in [4.69, 9.17) is 5.73 Å². The first kappa shape index (κ1) is 12.8. The summed E-state index contributed by atoms with van der Waals surface area (Å²) < 4.78 is 0. The van der Waals surface area contributed by atoms with Gasteiger partial charge in [0.05, 0.1) is 0 Å². The highest BCUT2D eigenvalue weighted by Crippen LogP contribution is 2.26.